The molecule has 1 amide bonds. The average Bonchev–Trinajstić information content (AvgIpc) is 3.15. The third-order valence-electron chi connectivity index (χ3n) is 5.26. The number of amides is 1. The first kappa shape index (κ1) is 27.2. The highest BCUT2D eigenvalue weighted by Gasteiger charge is 2.18. The van der Waals surface area contributed by atoms with Gasteiger partial charge in [-0.15, -0.1) is 37.2 Å². The molecule has 9 heteroatoms. The standard InChI is InChI=1S/C19H29FN4O.3ClH/c20-17-2-4-18(5-3-17)24-13-11-23(12-14-24)10-9-22-19(25)6-1-16-7-8-21-15-16;;;/h2-5,16,21H,1,6-15H2,(H,22,25);3*1H. The molecular weight excluding hydrogens is 426 g/mol. The van der Waals surface area contributed by atoms with Crippen LogP contribution < -0.4 is 15.5 Å². The molecule has 28 heavy (non-hydrogen) atoms. The van der Waals surface area contributed by atoms with E-state index >= 15 is 0 Å². The van der Waals surface area contributed by atoms with Gasteiger partial charge in [-0.1, -0.05) is 0 Å². The first-order valence-corrected chi connectivity index (χ1v) is 9.41. The summed E-state index contributed by atoms with van der Waals surface area (Å²) in [5.41, 5.74) is 1.08. The monoisotopic (exact) mass is 456 g/mol. The second-order valence-corrected chi connectivity index (χ2v) is 7.05. The Kier molecular flexibility index (Phi) is 13.8. The molecule has 2 aliphatic rings. The second kappa shape index (κ2) is 14.2. The summed E-state index contributed by atoms with van der Waals surface area (Å²) in [7, 11) is 0. The molecule has 1 aromatic rings. The number of nitrogens with one attached hydrogen (secondary N) is 2. The van der Waals surface area contributed by atoms with Gasteiger partial charge in [0, 0.05) is 51.4 Å². The SMILES string of the molecule is Cl.Cl.Cl.O=C(CCC1CCNC1)NCCN1CCN(c2ccc(F)cc2)CC1. The van der Waals surface area contributed by atoms with Crippen LogP contribution >= 0.6 is 37.2 Å². The number of anilines is 1. The Morgan fingerprint density at radius 2 is 1.79 bits per heavy atom. The lowest BCUT2D eigenvalue weighted by molar-refractivity contribution is -0.121. The van der Waals surface area contributed by atoms with E-state index < -0.39 is 0 Å². The van der Waals surface area contributed by atoms with Crippen molar-refractivity contribution >= 4 is 48.8 Å². The van der Waals surface area contributed by atoms with E-state index in [1.165, 1.54) is 18.6 Å². The van der Waals surface area contributed by atoms with Crippen molar-refractivity contribution in [3.05, 3.63) is 30.1 Å². The van der Waals surface area contributed by atoms with Gasteiger partial charge in [-0.2, -0.15) is 0 Å². The molecule has 5 nitrogen and oxygen atoms in total. The molecule has 1 atom stereocenters. The Labute approximate surface area is 186 Å². The summed E-state index contributed by atoms with van der Waals surface area (Å²) in [6.07, 6.45) is 2.84. The average molecular weight is 458 g/mol. The largest absolute Gasteiger partial charge is 0.369 e. The van der Waals surface area contributed by atoms with Crippen molar-refractivity contribution in [2.24, 2.45) is 5.92 Å². The first-order valence-electron chi connectivity index (χ1n) is 9.41. The fourth-order valence-corrected chi connectivity index (χ4v) is 3.62. The van der Waals surface area contributed by atoms with Gasteiger partial charge in [0.05, 0.1) is 0 Å². The molecule has 2 heterocycles. The van der Waals surface area contributed by atoms with Crippen LogP contribution in [-0.2, 0) is 4.79 Å². The highest BCUT2D eigenvalue weighted by Crippen LogP contribution is 2.17. The fourth-order valence-electron chi connectivity index (χ4n) is 3.62. The van der Waals surface area contributed by atoms with Gasteiger partial charge in [0.25, 0.3) is 0 Å². The minimum Gasteiger partial charge on any atom is -0.369 e. The van der Waals surface area contributed by atoms with Crippen LogP contribution in [0.4, 0.5) is 10.1 Å². The molecule has 162 valence electrons. The third-order valence-corrected chi connectivity index (χ3v) is 5.26. The number of hydrogen-bond donors (Lipinski definition) is 2. The Balaban J connectivity index is 0.00000243. The number of halogens is 4. The van der Waals surface area contributed by atoms with E-state index in [0.717, 1.165) is 64.5 Å². The molecule has 2 N–H and O–H groups in total. The Morgan fingerprint density at radius 1 is 1.11 bits per heavy atom. The molecule has 1 aromatic carbocycles. The molecule has 3 rings (SSSR count). The number of rotatable bonds is 7. The molecule has 0 aliphatic carbocycles. The Hall–Kier alpha value is -0.790. The Morgan fingerprint density at radius 3 is 2.39 bits per heavy atom. The summed E-state index contributed by atoms with van der Waals surface area (Å²) in [6.45, 7) is 7.60. The van der Waals surface area contributed by atoms with E-state index in [1.807, 2.05) is 12.1 Å². The Bertz CT molecular complexity index is 551. The minimum absolute atomic E-state index is 0. The van der Waals surface area contributed by atoms with E-state index in [4.69, 9.17) is 0 Å². The molecule has 2 fully saturated rings. The van der Waals surface area contributed by atoms with E-state index in [1.54, 1.807) is 0 Å². The lowest BCUT2D eigenvalue weighted by atomic mass is 10.0. The van der Waals surface area contributed by atoms with Crippen LogP contribution in [0.2, 0.25) is 0 Å². The van der Waals surface area contributed by atoms with Crippen molar-refractivity contribution in [3.63, 3.8) is 0 Å². The summed E-state index contributed by atoms with van der Waals surface area (Å²) in [4.78, 5) is 16.6. The maximum atomic E-state index is 13.0. The zero-order valence-corrected chi connectivity index (χ0v) is 18.5. The smallest absolute Gasteiger partial charge is 0.220 e. The van der Waals surface area contributed by atoms with Crippen molar-refractivity contribution in [2.75, 3.05) is 57.3 Å². The summed E-state index contributed by atoms with van der Waals surface area (Å²) < 4.78 is 13.0. The first-order chi connectivity index (χ1) is 12.2. The van der Waals surface area contributed by atoms with Crippen molar-refractivity contribution in [1.29, 1.82) is 0 Å². The quantitative estimate of drug-likeness (QED) is 0.661. The van der Waals surface area contributed by atoms with Gasteiger partial charge in [0.2, 0.25) is 5.91 Å². The topological polar surface area (TPSA) is 47.6 Å². The van der Waals surface area contributed by atoms with E-state index in [9.17, 15) is 9.18 Å². The van der Waals surface area contributed by atoms with Crippen LogP contribution in [0.3, 0.4) is 0 Å². The van der Waals surface area contributed by atoms with Gasteiger partial charge in [-0.25, -0.2) is 4.39 Å². The lowest BCUT2D eigenvalue weighted by Crippen LogP contribution is -2.48. The predicted molar refractivity (Wildman–Crippen MR) is 120 cm³/mol. The second-order valence-electron chi connectivity index (χ2n) is 7.05. The van der Waals surface area contributed by atoms with Crippen LogP contribution in [0.25, 0.3) is 0 Å². The van der Waals surface area contributed by atoms with Gasteiger partial charge in [-0.05, 0) is 56.1 Å². The molecule has 2 saturated heterocycles. The highest BCUT2D eigenvalue weighted by molar-refractivity contribution is 5.86. The van der Waals surface area contributed by atoms with Crippen LogP contribution in [-0.4, -0.2) is 63.2 Å². The number of nitrogens with zero attached hydrogens (tertiary/aromatic N) is 2. The molecule has 0 bridgehead atoms. The third kappa shape index (κ3) is 8.70. The molecule has 0 radical (unpaired) electrons. The van der Waals surface area contributed by atoms with Gasteiger partial charge >= 0.3 is 0 Å². The van der Waals surface area contributed by atoms with Gasteiger partial charge in [0.15, 0.2) is 0 Å². The normalized spacial score (nSPS) is 19.2. The van der Waals surface area contributed by atoms with E-state index in [-0.39, 0.29) is 48.9 Å². The lowest BCUT2D eigenvalue weighted by Gasteiger charge is -2.36. The summed E-state index contributed by atoms with van der Waals surface area (Å²) in [6, 6.07) is 6.70. The number of carbonyl (C=O) groups excluding carboxylic acids is 1. The van der Waals surface area contributed by atoms with Gasteiger partial charge in [-0.3, -0.25) is 9.69 Å². The number of hydrogen-bond acceptors (Lipinski definition) is 4. The molecule has 0 spiro atoms. The fraction of sp³-hybridized carbons (Fsp3) is 0.632. The van der Waals surface area contributed by atoms with Crippen molar-refractivity contribution in [3.8, 4) is 0 Å². The molecule has 0 saturated carbocycles. The molecule has 1 unspecified atom stereocenters. The molecule has 2 aliphatic heterocycles. The van der Waals surface area contributed by atoms with Crippen LogP contribution in [0.1, 0.15) is 19.3 Å². The van der Waals surface area contributed by atoms with Crippen molar-refractivity contribution in [1.82, 2.24) is 15.5 Å². The van der Waals surface area contributed by atoms with Gasteiger partial charge in [0.1, 0.15) is 5.82 Å². The number of carbonyl (C=O) groups is 1. The van der Waals surface area contributed by atoms with Crippen LogP contribution in [0.5, 0.6) is 0 Å². The molecule has 0 aromatic heterocycles. The number of benzene rings is 1. The van der Waals surface area contributed by atoms with E-state index in [2.05, 4.69) is 20.4 Å². The minimum atomic E-state index is -0.192. The summed E-state index contributed by atoms with van der Waals surface area (Å²) in [5.74, 6) is 0.657. The van der Waals surface area contributed by atoms with E-state index in [0.29, 0.717) is 12.3 Å². The van der Waals surface area contributed by atoms with Crippen molar-refractivity contribution in [2.45, 2.75) is 19.3 Å². The zero-order valence-electron chi connectivity index (χ0n) is 16.1. The number of piperazine rings is 1. The molecular formula is C19H32Cl3FN4O. The zero-order chi connectivity index (χ0) is 17.5. The maximum absolute atomic E-state index is 13.0. The van der Waals surface area contributed by atoms with Crippen molar-refractivity contribution < 1.29 is 9.18 Å². The van der Waals surface area contributed by atoms with Gasteiger partial charge < -0.3 is 15.5 Å². The van der Waals surface area contributed by atoms with Crippen LogP contribution in [0, 0.1) is 11.7 Å². The highest BCUT2D eigenvalue weighted by atomic mass is 35.5. The van der Waals surface area contributed by atoms with Crippen LogP contribution in [0.15, 0.2) is 24.3 Å². The summed E-state index contributed by atoms with van der Waals surface area (Å²) in [5, 5.41) is 6.39. The predicted octanol–water partition coefficient (Wildman–Crippen LogP) is 2.72. The summed E-state index contributed by atoms with van der Waals surface area (Å²) >= 11 is 0. The maximum Gasteiger partial charge on any atom is 0.220 e.